The van der Waals surface area contributed by atoms with Crippen LogP contribution in [-0.4, -0.2) is 443 Å². The Morgan fingerprint density at radius 1 is 0.394 bits per heavy atom. The number of hydrogen-bond acceptors (Lipinski definition) is 42. The fraction of sp³-hybridized carbons (Fsp3) is 0.962. The van der Waals surface area contributed by atoms with E-state index < -0.39 is 318 Å². The van der Waals surface area contributed by atoms with Crippen molar-refractivity contribution in [2.24, 2.45) is 0 Å². The molecule has 28 N–H and O–H groups in total. The zero-order valence-corrected chi connectivity index (χ0v) is 53.2. The average molecular weight is 1480 g/mol. The predicted molar refractivity (Wildman–Crippen MR) is 301 cm³/mol. The van der Waals surface area contributed by atoms with Crippen molar-refractivity contribution in [2.45, 2.75) is 253 Å². The van der Waals surface area contributed by atoms with E-state index in [1.54, 1.807) is 0 Å². The van der Waals surface area contributed by atoms with Crippen molar-refractivity contribution in [3.8, 4) is 0 Å². The van der Waals surface area contributed by atoms with Crippen molar-refractivity contribution in [1.29, 1.82) is 0 Å². The van der Waals surface area contributed by atoms with E-state index in [0.29, 0.717) is 0 Å². The molecule has 7 aliphatic heterocycles. The molecule has 99 heavy (non-hydrogen) atoms. The summed E-state index contributed by atoms with van der Waals surface area (Å²) >= 11 is 0. The topological polar surface area (TPSA) is 740 Å². The minimum Gasteiger partial charge on any atom is -0.394 e. The van der Waals surface area contributed by atoms with Crippen LogP contribution in [-0.2, 0) is 85.0 Å². The van der Waals surface area contributed by atoms with Crippen LogP contribution in [0.2, 0.25) is 0 Å². The Morgan fingerprint density at radius 3 is 1.22 bits per heavy atom. The van der Waals surface area contributed by atoms with E-state index in [4.69, 9.17) is 66.3 Å². The van der Waals surface area contributed by atoms with Crippen molar-refractivity contribution < 1.29 is 217 Å². The first-order chi connectivity index (χ1) is 46.6. The Morgan fingerprint density at radius 2 is 0.768 bits per heavy atom. The standard InChI is InChI=1S/C52H91N2O44P/c1-12(61)53-14(3-55)24(64)41(15(63)4-56)94-46-23(54-13(2)62)31(71)42(19(8-60)90-46)95-51-40(80)44(97-52-45(35(75)27(67)18(7-59)89-52)98-50-38(78)33(73)26(66)17(6-58)88-50)30(70)21(93-51)10-85-48-39(79)43(96-49-37(77)32(72)25(65)16(5-57)87-49)29(69)20(91-48)9-84-47-36(76)34(74)28(68)22(92-47)11-86-99(81,82)83/h14-52,55-60,63-80H,3-11H2,1-2H3,(H,53,61)(H,54,62)(H2,81,82,83)/t14-,15+,16+,17+,18+,19+,20+,21+,22+,23+,24+,25+,26+,27+,28+,29+,30+,31+,32-,33-,34-,35-,36-,37-,38-,39-,40-,41+,42+,43-,44-,45-,46-,47-,48-,49+,50+,51-,52+/m0/s1. The first kappa shape index (κ1) is 83.8. The lowest BCUT2D eigenvalue weighted by Gasteiger charge is -2.50. The first-order valence-corrected chi connectivity index (χ1v) is 32.3. The van der Waals surface area contributed by atoms with Crippen LogP contribution < -0.4 is 10.6 Å². The molecule has 7 fully saturated rings. The summed E-state index contributed by atoms with van der Waals surface area (Å²) in [6, 6.07) is -3.59. The van der Waals surface area contributed by atoms with Gasteiger partial charge in [-0.05, 0) is 0 Å². The second-order valence-electron chi connectivity index (χ2n) is 24.3. The van der Waals surface area contributed by atoms with Crippen LogP contribution in [0.25, 0.3) is 0 Å². The lowest BCUT2D eigenvalue weighted by atomic mass is 9.94. The maximum Gasteiger partial charge on any atom is 0.469 e. The van der Waals surface area contributed by atoms with Gasteiger partial charge in [-0.15, -0.1) is 0 Å². The van der Waals surface area contributed by atoms with E-state index in [2.05, 4.69) is 15.2 Å². The number of phosphoric ester groups is 1. The highest BCUT2D eigenvalue weighted by atomic mass is 31.2. The van der Waals surface area contributed by atoms with E-state index in [-0.39, 0.29) is 0 Å². The van der Waals surface area contributed by atoms with Gasteiger partial charge < -0.3 is 209 Å². The van der Waals surface area contributed by atoms with Gasteiger partial charge in [-0.1, -0.05) is 0 Å². The molecule has 7 saturated heterocycles. The van der Waals surface area contributed by atoms with Crippen LogP contribution in [0.1, 0.15) is 13.8 Å². The molecule has 0 aromatic rings. The molecule has 47 heteroatoms. The summed E-state index contributed by atoms with van der Waals surface area (Å²) in [6.07, 6.45) is -79.7. The molecule has 0 radical (unpaired) electrons. The third-order valence-electron chi connectivity index (χ3n) is 17.3. The number of amides is 2. The number of hydrogen-bond donors (Lipinski definition) is 28. The van der Waals surface area contributed by atoms with Crippen molar-refractivity contribution in [2.75, 3.05) is 59.5 Å². The molecule has 0 aliphatic carbocycles. The number of nitrogens with one attached hydrogen (secondary N) is 2. The highest BCUT2D eigenvalue weighted by molar-refractivity contribution is 7.46. The molecule has 0 bridgehead atoms. The third kappa shape index (κ3) is 19.8. The lowest BCUT2D eigenvalue weighted by molar-refractivity contribution is -0.398. The normalized spacial score (nSPS) is 46.0. The Hall–Kier alpha value is -2.47. The second kappa shape index (κ2) is 36.7. The molecule has 39 atom stereocenters. The molecule has 578 valence electrons. The number of ether oxygens (including phenoxy) is 14. The number of phosphoric acid groups is 1. The Kier molecular flexibility index (Phi) is 31.1. The molecule has 7 aliphatic rings. The zero-order valence-electron chi connectivity index (χ0n) is 52.3. The van der Waals surface area contributed by atoms with Gasteiger partial charge in [0.15, 0.2) is 44.0 Å². The summed E-state index contributed by atoms with van der Waals surface area (Å²) in [5, 5.41) is 267. The van der Waals surface area contributed by atoms with Gasteiger partial charge in [-0.3, -0.25) is 14.1 Å². The van der Waals surface area contributed by atoms with Gasteiger partial charge in [-0.25, -0.2) is 4.57 Å². The van der Waals surface area contributed by atoms with E-state index in [9.17, 15) is 146 Å². The highest BCUT2D eigenvalue weighted by Crippen LogP contribution is 2.40. The van der Waals surface area contributed by atoms with E-state index >= 15 is 0 Å². The summed E-state index contributed by atoms with van der Waals surface area (Å²) < 4.78 is 96.7. The maximum absolute atomic E-state index is 12.8. The minimum absolute atomic E-state index is 0.804. The molecule has 0 saturated carbocycles. The van der Waals surface area contributed by atoms with Crippen LogP contribution in [0.3, 0.4) is 0 Å². The molecule has 0 aromatic carbocycles. The van der Waals surface area contributed by atoms with E-state index in [1.165, 1.54) is 0 Å². The minimum atomic E-state index is -5.26. The van der Waals surface area contributed by atoms with Crippen LogP contribution in [0.4, 0.5) is 0 Å². The molecule has 7 rings (SSSR count). The number of aliphatic hydroxyl groups excluding tert-OH is 24. The number of rotatable bonds is 30. The molecule has 0 spiro atoms. The number of carbonyl (C=O) groups is 2. The summed E-state index contributed by atoms with van der Waals surface area (Å²) in [5.74, 6) is -1.78. The van der Waals surface area contributed by atoms with Crippen molar-refractivity contribution >= 4 is 19.6 Å². The van der Waals surface area contributed by atoms with Gasteiger partial charge in [-0.2, -0.15) is 0 Å². The first-order valence-electron chi connectivity index (χ1n) is 30.8. The Balaban J connectivity index is 1.24. The summed E-state index contributed by atoms with van der Waals surface area (Å²) in [6.45, 7) is -8.13. The monoisotopic (exact) mass is 1480 g/mol. The predicted octanol–water partition coefficient (Wildman–Crippen LogP) is -18.4. The van der Waals surface area contributed by atoms with Crippen LogP contribution in [0, 0.1) is 0 Å². The number of carbonyl (C=O) groups excluding carboxylic acids is 2. The fourth-order valence-electron chi connectivity index (χ4n) is 11.8. The van der Waals surface area contributed by atoms with Crippen molar-refractivity contribution in [3.63, 3.8) is 0 Å². The molecule has 0 unspecified atom stereocenters. The fourth-order valence-corrected chi connectivity index (χ4v) is 12.2. The van der Waals surface area contributed by atoms with Crippen LogP contribution in [0.15, 0.2) is 0 Å². The Labute approximate surface area is 559 Å². The molecule has 7 heterocycles. The molecular weight excluding hydrogens is 1390 g/mol. The van der Waals surface area contributed by atoms with Crippen molar-refractivity contribution in [1.82, 2.24) is 10.6 Å². The van der Waals surface area contributed by atoms with E-state index in [0.717, 1.165) is 13.8 Å². The SMILES string of the molecule is CC(=O)N[C@H]1[C@H](O[C@@H]([C@H](O)[C@H](CO)NC(C)=O)[C@H](O)CO)O[C@H](CO)[C@@H](O[C@@H]2O[C@H](CO[C@H]3O[C@H](CO[C@H]4O[C@H](COP(=O)(O)O)[C@@H](O)[C@H](O)[C@@H]4O)[C@@H](O)[C@H](O[C@H]4O[C@H](CO)[C@@H](O)[C@H](O)[C@@H]4O)[C@@H]3O)[C@@H](O)[C@H](O[C@H]3O[C@H](CO)[C@@H](O)[C@H](O)[C@@H]3O[C@H]3O[C@H](CO)[C@@H](O)[C@H](O)[C@@H]3O)[C@@H]2O)[C@@H]1O. The molecule has 46 nitrogen and oxygen atoms in total. The van der Waals surface area contributed by atoms with Crippen molar-refractivity contribution in [3.05, 3.63) is 0 Å². The lowest BCUT2D eigenvalue weighted by Crippen LogP contribution is -2.69. The maximum atomic E-state index is 12.8. The quantitative estimate of drug-likeness (QED) is 0.0297. The average Bonchev–Trinajstić information content (AvgIpc) is 0.775. The number of aliphatic hydroxyl groups is 24. The molecule has 2 amide bonds. The zero-order chi connectivity index (χ0) is 73.6. The van der Waals surface area contributed by atoms with E-state index in [1.807, 2.05) is 0 Å². The Bertz CT molecular complexity index is 2520. The van der Waals surface area contributed by atoms with Gasteiger partial charge in [0.25, 0.3) is 0 Å². The molecular formula is C52H91N2O44P. The van der Waals surface area contributed by atoms with Gasteiger partial charge in [0.1, 0.15) is 189 Å². The molecule has 0 aromatic heterocycles. The van der Waals surface area contributed by atoms with Gasteiger partial charge in [0.2, 0.25) is 11.8 Å². The highest BCUT2D eigenvalue weighted by Gasteiger charge is 2.59. The van der Waals surface area contributed by atoms with Gasteiger partial charge in [0.05, 0.1) is 65.5 Å². The smallest absolute Gasteiger partial charge is 0.394 e. The second-order valence-corrected chi connectivity index (χ2v) is 25.5. The largest absolute Gasteiger partial charge is 0.469 e. The summed E-state index contributed by atoms with van der Waals surface area (Å²) in [7, 11) is -5.26. The van der Waals surface area contributed by atoms with Crippen LogP contribution >= 0.6 is 7.82 Å². The summed E-state index contributed by atoms with van der Waals surface area (Å²) in [5.41, 5.74) is 0. The van der Waals surface area contributed by atoms with Gasteiger partial charge >= 0.3 is 7.82 Å². The van der Waals surface area contributed by atoms with Crippen LogP contribution in [0.5, 0.6) is 0 Å². The third-order valence-corrected chi connectivity index (χ3v) is 17.8. The van der Waals surface area contributed by atoms with Gasteiger partial charge in [0, 0.05) is 13.8 Å². The summed E-state index contributed by atoms with van der Waals surface area (Å²) in [4.78, 5) is 43.3.